The fourth-order valence-electron chi connectivity index (χ4n) is 3.55. The van der Waals surface area contributed by atoms with Crippen LogP contribution in [0.15, 0.2) is 36.5 Å². The van der Waals surface area contributed by atoms with Gasteiger partial charge < -0.3 is 21.2 Å². The highest BCUT2D eigenvalue weighted by Crippen LogP contribution is 2.32. The van der Waals surface area contributed by atoms with Crippen molar-refractivity contribution in [2.45, 2.75) is 44.7 Å². The van der Waals surface area contributed by atoms with Gasteiger partial charge in [-0.1, -0.05) is 29.9 Å². The molecular weight excluding hydrogens is 338 g/mol. The van der Waals surface area contributed by atoms with Crippen LogP contribution in [0.25, 0.3) is 10.5 Å². The van der Waals surface area contributed by atoms with Crippen molar-refractivity contribution in [1.29, 1.82) is 0 Å². The van der Waals surface area contributed by atoms with Gasteiger partial charge in [0.25, 0.3) is 11.5 Å². The number of imidazole rings is 1. The Balaban J connectivity index is 1.75. The Morgan fingerprint density at radius 2 is 1.93 bits per heavy atom. The summed E-state index contributed by atoms with van der Waals surface area (Å²) in [5.41, 5.74) is 9.50. The fourth-order valence-corrected chi connectivity index (χ4v) is 3.55. The molecule has 0 bridgehead atoms. The maximum absolute atomic E-state index is 7.40. The van der Waals surface area contributed by atoms with Gasteiger partial charge in [0.1, 0.15) is 5.69 Å². The molecule has 0 radical (unpaired) electrons. The second-order valence-corrected chi connectivity index (χ2v) is 7.06. The molecule has 1 saturated carbocycles. The van der Waals surface area contributed by atoms with Crippen LogP contribution in [-0.2, 0) is 0 Å². The molecule has 1 aliphatic rings. The van der Waals surface area contributed by atoms with Crippen LogP contribution in [0.5, 0.6) is 0 Å². The van der Waals surface area contributed by atoms with Gasteiger partial charge >= 0.3 is 0 Å². The number of rotatable bonds is 4. The Labute approximate surface area is 158 Å². The van der Waals surface area contributed by atoms with Gasteiger partial charge in [-0.15, -0.1) is 4.52 Å². The van der Waals surface area contributed by atoms with Crippen LogP contribution in [0.2, 0.25) is 0 Å². The number of anilines is 3. The molecule has 0 saturated heterocycles. The molecule has 4 rings (SSSR count). The maximum atomic E-state index is 7.40. The average Bonchev–Trinajstić information content (AvgIpc) is 3.10. The SMILES string of the molecule is [C-]#[N+]c1cnc2c(Nc3ccccc3)c(C)c(N[C@H]3CC[C@H](N)CC3)nn12. The Morgan fingerprint density at radius 3 is 2.63 bits per heavy atom. The van der Waals surface area contributed by atoms with Gasteiger partial charge in [0.2, 0.25) is 0 Å². The molecule has 0 amide bonds. The number of aromatic nitrogens is 3. The average molecular weight is 361 g/mol. The molecule has 1 aliphatic carbocycles. The Hall–Kier alpha value is -3.11. The minimum absolute atomic E-state index is 0.303. The van der Waals surface area contributed by atoms with Gasteiger partial charge in [-0.25, -0.2) is 4.98 Å². The third-order valence-corrected chi connectivity index (χ3v) is 5.14. The van der Waals surface area contributed by atoms with Crippen molar-refractivity contribution in [1.82, 2.24) is 14.6 Å². The van der Waals surface area contributed by atoms with E-state index in [0.717, 1.165) is 48.4 Å². The van der Waals surface area contributed by atoms with Crippen molar-refractivity contribution in [2.24, 2.45) is 5.73 Å². The summed E-state index contributed by atoms with van der Waals surface area (Å²) in [5, 5.41) is 11.7. The van der Waals surface area contributed by atoms with Crippen molar-refractivity contribution in [3.63, 3.8) is 0 Å². The van der Waals surface area contributed by atoms with Crippen molar-refractivity contribution in [3.8, 4) is 0 Å². The van der Waals surface area contributed by atoms with E-state index in [0.29, 0.717) is 23.5 Å². The van der Waals surface area contributed by atoms with E-state index in [9.17, 15) is 0 Å². The number of hydrogen-bond donors (Lipinski definition) is 3. The van der Waals surface area contributed by atoms with E-state index in [4.69, 9.17) is 12.3 Å². The van der Waals surface area contributed by atoms with Crippen LogP contribution >= 0.6 is 0 Å². The molecule has 138 valence electrons. The van der Waals surface area contributed by atoms with Crippen LogP contribution in [0.3, 0.4) is 0 Å². The highest BCUT2D eigenvalue weighted by Gasteiger charge is 2.23. The summed E-state index contributed by atoms with van der Waals surface area (Å²) in [4.78, 5) is 7.97. The standard InChI is InChI=1S/C20H23N7/c1-13-18(24-15-6-4-3-5-7-15)20-23-12-17(22-2)27(20)26-19(13)25-16-10-8-14(21)9-11-16/h3-7,12,14,16,24H,8-11,21H2,1H3,(H,25,26)/t14-,16-. The van der Waals surface area contributed by atoms with Crippen LogP contribution in [0.1, 0.15) is 31.2 Å². The number of para-hydroxylation sites is 1. The first-order valence-electron chi connectivity index (χ1n) is 9.25. The van der Waals surface area contributed by atoms with Crippen molar-refractivity contribution in [3.05, 3.63) is 53.5 Å². The molecule has 0 atom stereocenters. The van der Waals surface area contributed by atoms with E-state index in [1.807, 2.05) is 37.3 Å². The van der Waals surface area contributed by atoms with Crippen LogP contribution in [0.4, 0.5) is 23.0 Å². The molecule has 1 fully saturated rings. The first kappa shape index (κ1) is 17.3. The zero-order valence-corrected chi connectivity index (χ0v) is 15.3. The van der Waals surface area contributed by atoms with Gasteiger partial charge in [0.15, 0.2) is 5.82 Å². The van der Waals surface area contributed by atoms with Gasteiger partial charge in [0.05, 0.1) is 6.20 Å². The van der Waals surface area contributed by atoms with Crippen LogP contribution < -0.4 is 16.4 Å². The lowest BCUT2D eigenvalue weighted by atomic mass is 9.92. The summed E-state index contributed by atoms with van der Waals surface area (Å²) in [7, 11) is 0. The maximum Gasteiger partial charge on any atom is 0.275 e. The molecule has 7 heteroatoms. The first-order chi connectivity index (χ1) is 13.2. The Kier molecular flexibility index (Phi) is 4.65. The zero-order valence-electron chi connectivity index (χ0n) is 15.3. The topological polar surface area (TPSA) is 84.6 Å². The van der Waals surface area contributed by atoms with Gasteiger partial charge in [-0.2, -0.15) is 0 Å². The van der Waals surface area contributed by atoms with Gasteiger partial charge in [-0.05, 0) is 44.7 Å². The minimum Gasteiger partial charge on any atom is -0.364 e. The summed E-state index contributed by atoms with van der Waals surface area (Å²) >= 11 is 0. The quantitative estimate of drug-likeness (QED) is 0.611. The van der Waals surface area contributed by atoms with Crippen molar-refractivity contribution >= 4 is 28.7 Å². The normalized spacial score (nSPS) is 19.6. The highest BCUT2D eigenvalue weighted by molar-refractivity contribution is 5.81. The smallest absolute Gasteiger partial charge is 0.275 e. The number of nitrogens with zero attached hydrogens (tertiary/aromatic N) is 4. The summed E-state index contributed by atoms with van der Waals surface area (Å²) < 4.78 is 1.61. The minimum atomic E-state index is 0.303. The lowest BCUT2D eigenvalue weighted by molar-refractivity contribution is 0.410. The second-order valence-electron chi connectivity index (χ2n) is 7.06. The summed E-state index contributed by atoms with van der Waals surface area (Å²) in [6.07, 6.45) is 5.66. The largest absolute Gasteiger partial charge is 0.364 e. The summed E-state index contributed by atoms with van der Waals surface area (Å²) in [6.45, 7) is 9.43. The molecule has 27 heavy (non-hydrogen) atoms. The lowest BCUT2D eigenvalue weighted by Crippen LogP contribution is -2.33. The number of benzene rings is 1. The molecule has 0 unspecified atom stereocenters. The fraction of sp³-hybridized carbons (Fsp3) is 0.350. The van der Waals surface area contributed by atoms with Gasteiger partial charge in [0, 0.05) is 23.3 Å². The number of nitrogens with two attached hydrogens (primary N) is 1. The molecule has 2 heterocycles. The monoisotopic (exact) mass is 361 g/mol. The predicted octanol–water partition coefficient (Wildman–Crippen LogP) is 4.01. The van der Waals surface area contributed by atoms with E-state index in [2.05, 4.69) is 25.6 Å². The number of hydrogen-bond acceptors (Lipinski definition) is 5. The molecule has 0 aliphatic heterocycles. The van der Waals surface area contributed by atoms with E-state index in [1.54, 1.807) is 10.7 Å². The van der Waals surface area contributed by atoms with E-state index in [1.165, 1.54) is 0 Å². The van der Waals surface area contributed by atoms with E-state index < -0.39 is 0 Å². The first-order valence-corrected chi connectivity index (χ1v) is 9.25. The summed E-state index contributed by atoms with van der Waals surface area (Å²) in [6, 6.07) is 10.6. The summed E-state index contributed by atoms with van der Waals surface area (Å²) in [5.74, 6) is 1.18. The van der Waals surface area contributed by atoms with Crippen LogP contribution in [0, 0.1) is 13.5 Å². The molecule has 0 spiro atoms. The predicted molar refractivity (Wildman–Crippen MR) is 108 cm³/mol. The Morgan fingerprint density at radius 1 is 1.19 bits per heavy atom. The van der Waals surface area contributed by atoms with E-state index >= 15 is 0 Å². The molecule has 7 nitrogen and oxygen atoms in total. The molecular formula is C20H23N7. The van der Waals surface area contributed by atoms with E-state index in [-0.39, 0.29) is 0 Å². The lowest BCUT2D eigenvalue weighted by Gasteiger charge is -2.27. The molecule has 2 aromatic heterocycles. The molecule has 1 aromatic carbocycles. The number of fused-ring (bicyclic) bond motifs is 1. The Bertz CT molecular complexity index is 979. The van der Waals surface area contributed by atoms with Gasteiger partial charge in [-0.3, -0.25) is 0 Å². The second kappa shape index (κ2) is 7.25. The van der Waals surface area contributed by atoms with Crippen molar-refractivity contribution < 1.29 is 0 Å². The number of nitrogens with one attached hydrogen (secondary N) is 2. The van der Waals surface area contributed by atoms with Crippen LogP contribution in [-0.4, -0.2) is 26.7 Å². The third-order valence-electron chi connectivity index (χ3n) is 5.14. The molecule has 4 N–H and O–H groups in total. The highest BCUT2D eigenvalue weighted by atomic mass is 15.3. The van der Waals surface area contributed by atoms with Crippen molar-refractivity contribution in [2.75, 3.05) is 10.6 Å². The zero-order chi connectivity index (χ0) is 18.8. The molecule has 3 aromatic rings. The third kappa shape index (κ3) is 3.44.